The second-order valence-electron chi connectivity index (χ2n) is 7.16. The number of nitrogens with zero attached hydrogens (tertiary/aromatic N) is 4. The first-order chi connectivity index (χ1) is 12.1. The highest BCUT2D eigenvalue weighted by molar-refractivity contribution is 7.98. The second kappa shape index (κ2) is 7.95. The minimum Gasteiger partial charge on any atom is -0.334 e. The molecule has 7 nitrogen and oxygen atoms in total. The summed E-state index contributed by atoms with van der Waals surface area (Å²) in [5.41, 5.74) is 0. The first kappa shape index (κ1) is 18.5. The van der Waals surface area contributed by atoms with Crippen LogP contribution in [0.25, 0.3) is 0 Å². The Morgan fingerprint density at radius 1 is 1.20 bits per heavy atom. The molecule has 1 unspecified atom stereocenters. The third-order valence-corrected chi connectivity index (χ3v) is 6.30. The quantitative estimate of drug-likeness (QED) is 0.671. The van der Waals surface area contributed by atoms with Gasteiger partial charge in [-0.05, 0) is 31.3 Å². The van der Waals surface area contributed by atoms with Crippen LogP contribution in [0.1, 0.15) is 38.5 Å². The van der Waals surface area contributed by atoms with Gasteiger partial charge in [0.25, 0.3) is 0 Å². The van der Waals surface area contributed by atoms with E-state index in [1.54, 1.807) is 33.7 Å². The van der Waals surface area contributed by atoms with E-state index in [-0.39, 0.29) is 30.6 Å². The fraction of sp³-hybridized carbons (Fsp3) is 0.824. The molecular formula is C17H28N4O3S. The van der Waals surface area contributed by atoms with Crippen LogP contribution in [0.3, 0.4) is 0 Å². The fourth-order valence-electron chi connectivity index (χ4n) is 4.37. The molecule has 8 heteroatoms. The SMILES string of the molecule is CSCC[C@H]1C(=O)N(C2CCCCC2)CC2N1C(=O)CN(C)N2C=O. The lowest BCUT2D eigenvalue weighted by molar-refractivity contribution is -0.198. The van der Waals surface area contributed by atoms with Gasteiger partial charge in [0, 0.05) is 13.1 Å². The van der Waals surface area contributed by atoms with E-state index in [0.29, 0.717) is 13.0 Å². The lowest BCUT2D eigenvalue weighted by Crippen LogP contribution is -2.75. The Hall–Kier alpha value is -1.28. The van der Waals surface area contributed by atoms with Gasteiger partial charge in [0.1, 0.15) is 12.2 Å². The molecule has 2 saturated heterocycles. The van der Waals surface area contributed by atoms with Gasteiger partial charge < -0.3 is 9.80 Å². The summed E-state index contributed by atoms with van der Waals surface area (Å²) < 4.78 is 0. The largest absolute Gasteiger partial charge is 0.334 e. The molecule has 2 heterocycles. The summed E-state index contributed by atoms with van der Waals surface area (Å²) in [6.45, 7) is 0.565. The third-order valence-electron chi connectivity index (χ3n) is 5.66. The van der Waals surface area contributed by atoms with E-state index in [9.17, 15) is 14.4 Å². The number of hydrogen-bond donors (Lipinski definition) is 0. The maximum atomic E-state index is 13.2. The number of hydrogen-bond acceptors (Lipinski definition) is 5. The van der Waals surface area contributed by atoms with Gasteiger partial charge in [0.15, 0.2) is 0 Å². The van der Waals surface area contributed by atoms with Crippen LogP contribution in [-0.2, 0) is 14.4 Å². The highest BCUT2D eigenvalue weighted by Gasteiger charge is 2.50. The molecule has 3 amide bonds. The van der Waals surface area contributed by atoms with Crippen LogP contribution in [0, 0.1) is 0 Å². The van der Waals surface area contributed by atoms with Crippen molar-refractivity contribution in [1.29, 1.82) is 0 Å². The van der Waals surface area contributed by atoms with Gasteiger partial charge in [-0.2, -0.15) is 11.8 Å². The van der Waals surface area contributed by atoms with Gasteiger partial charge in [0.05, 0.1) is 13.1 Å². The average Bonchev–Trinajstić information content (AvgIpc) is 2.61. The Morgan fingerprint density at radius 3 is 2.56 bits per heavy atom. The summed E-state index contributed by atoms with van der Waals surface area (Å²) in [5, 5.41) is 3.24. The molecule has 0 N–H and O–H groups in total. The highest BCUT2D eigenvalue weighted by Crippen LogP contribution is 2.31. The summed E-state index contributed by atoms with van der Waals surface area (Å²) in [6, 6.07) is -0.201. The number of thioether (sulfide) groups is 1. The van der Waals surface area contributed by atoms with Crippen molar-refractivity contribution in [3.8, 4) is 0 Å². The van der Waals surface area contributed by atoms with Crippen molar-refractivity contribution in [3.63, 3.8) is 0 Å². The molecule has 0 spiro atoms. The molecule has 2 aliphatic heterocycles. The number of carbonyl (C=O) groups is 3. The minimum absolute atomic E-state index is 0.0617. The fourth-order valence-corrected chi connectivity index (χ4v) is 4.83. The minimum atomic E-state index is -0.447. The van der Waals surface area contributed by atoms with Crippen molar-refractivity contribution in [1.82, 2.24) is 19.8 Å². The summed E-state index contributed by atoms with van der Waals surface area (Å²) in [5.74, 6) is 0.830. The van der Waals surface area contributed by atoms with Gasteiger partial charge in [0.2, 0.25) is 18.2 Å². The Kier molecular flexibility index (Phi) is 5.89. The van der Waals surface area contributed by atoms with Crippen LogP contribution in [0.2, 0.25) is 0 Å². The summed E-state index contributed by atoms with van der Waals surface area (Å²) in [7, 11) is 1.75. The molecule has 25 heavy (non-hydrogen) atoms. The monoisotopic (exact) mass is 368 g/mol. The van der Waals surface area contributed by atoms with E-state index in [2.05, 4.69) is 0 Å². The maximum absolute atomic E-state index is 13.2. The average molecular weight is 369 g/mol. The van der Waals surface area contributed by atoms with Gasteiger partial charge in [-0.3, -0.25) is 19.4 Å². The first-order valence-corrected chi connectivity index (χ1v) is 10.5. The van der Waals surface area contributed by atoms with Crippen LogP contribution in [0.5, 0.6) is 0 Å². The molecule has 1 saturated carbocycles. The Bertz CT molecular complexity index is 526. The van der Waals surface area contributed by atoms with Crippen molar-refractivity contribution in [3.05, 3.63) is 0 Å². The summed E-state index contributed by atoms with van der Waals surface area (Å²) in [6.07, 6.45) is 8.63. The molecule has 0 aromatic carbocycles. The van der Waals surface area contributed by atoms with Gasteiger partial charge in [-0.15, -0.1) is 0 Å². The number of likely N-dealkylation sites (N-methyl/N-ethyl adjacent to an activating group) is 1. The molecule has 0 aromatic rings. The van der Waals surface area contributed by atoms with Crippen molar-refractivity contribution in [2.45, 2.75) is 56.8 Å². The lowest BCUT2D eigenvalue weighted by atomic mass is 9.92. The predicted molar refractivity (Wildman–Crippen MR) is 96.5 cm³/mol. The van der Waals surface area contributed by atoms with Crippen LogP contribution in [-0.4, -0.2) is 88.4 Å². The number of piperazine rings is 1. The van der Waals surface area contributed by atoms with Crippen molar-refractivity contribution < 1.29 is 14.4 Å². The van der Waals surface area contributed by atoms with Crippen LogP contribution >= 0.6 is 11.8 Å². The molecule has 0 radical (unpaired) electrons. The summed E-state index contributed by atoms with van der Waals surface area (Å²) >= 11 is 1.68. The zero-order valence-electron chi connectivity index (χ0n) is 15.1. The molecule has 2 atom stereocenters. The number of carbonyl (C=O) groups excluding carboxylic acids is 3. The summed E-state index contributed by atoms with van der Waals surface area (Å²) in [4.78, 5) is 41.2. The zero-order chi connectivity index (χ0) is 18.0. The van der Waals surface area contributed by atoms with Crippen molar-refractivity contribution in [2.75, 3.05) is 32.1 Å². The number of hydrazine groups is 1. The van der Waals surface area contributed by atoms with E-state index in [1.807, 2.05) is 11.2 Å². The molecule has 1 aliphatic carbocycles. The Morgan fingerprint density at radius 2 is 1.92 bits per heavy atom. The second-order valence-corrected chi connectivity index (χ2v) is 8.15. The molecule has 3 rings (SSSR count). The van der Waals surface area contributed by atoms with E-state index in [4.69, 9.17) is 0 Å². The zero-order valence-corrected chi connectivity index (χ0v) is 15.9. The van der Waals surface area contributed by atoms with Gasteiger partial charge >= 0.3 is 0 Å². The van der Waals surface area contributed by atoms with Crippen LogP contribution in [0.15, 0.2) is 0 Å². The molecule has 3 aliphatic rings. The van der Waals surface area contributed by atoms with Gasteiger partial charge in [-0.1, -0.05) is 19.3 Å². The molecule has 3 fully saturated rings. The number of rotatable bonds is 5. The highest BCUT2D eigenvalue weighted by atomic mass is 32.2. The van der Waals surface area contributed by atoms with Gasteiger partial charge in [-0.25, -0.2) is 5.01 Å². The maximum Gasteiger partial charge on any atom is 0.245 e. The predicted octanol–water partition coefficient (Wildman–Crippen LogP) is 0.757. The topological polar surface area (TPSA) is 64.2 Å². The van der Waals surface area contributed by atoms with Crippen molar-refractivity contribution >= 4 is 30.0 Å². The van der Waals surface area contributed by atoms with E-state index >= 15 is 0 Å². The van der Waals surface area contributed by atoms with E-state index in [0.717, 1.165) is 37.8 Å². The molecule has 0 bridgehead atoms. The van der Waals surface area contributed by atoms with E-state index in [1.165, 1.54) is 6.42 Å². The Balaban J connectivity index is 1.89. The first-order valence-electron chi connectivity index (χ1n) is 9.13. The molecular weight excluding hydrogens is 340 g/mol. The standard InChI is InChI=1S/C17H28N4O3S/c1-18-11-16(23)21-14(8-9-25-2)17(24)19(10-15(21)20(18)12-22)13-6-4-3-5-7-13/h12-15H,3-11H2,1-2H3/t14-,15?/m0/s1. The van der Waals surface area contributed by atoms with Crippen LogP contribution < -0.4 is 0 Å². The molecule has 0 aromatic heterocycles. The number of amides is 3. The normalized spacial score (nSPS) is 29.1. The van der Waals surface area contributed by atoms with Crippen molar-refractivity contribution in [2.24, 2.45) is 0 Å². The molecule has 140 valence electrons. The number of fused-ring (bicyclic) bond motifs is 1. The lowest BCUT2D eigenvalue weighted by Gasteiger charge is -2.55. The third kappa shape index (κ3) is 3.51. The van der Waals surface area contributed by atoms with Crippen LogP contribution in [0.4, 0.5) is 0 Å². The smallest absolute Gasteiger partial charge is 0.245 e. The van der Waals surface area contributed by atoms with E-state index < -0.39 is 6.04 Å². The Labute approximate surface area is 153 Å².